The van der Waals surface area contributed by atoms with E-state index < -0.39 is 0 Å². The second-order valence-corrected chi connectivity index (χ2v) is 7.01. The van der Waals surface area contributed by atoms with Gasteiger partial charge in [0.25, 0.3) is 0 Å². The molecule has 0 spiro atoms. The van der Waals surface area contributed by atoms with Crippen molar-refractivity contribution in [2.45, 2.75) is 44.2 Å². The molecule has 0 unspecified atom stereocenters. The van der Waals surface area contributed by atoms with Gasteiger partial charge in [-0.25, -0.2) is 9.67 Å². The predicted molar refractivity (Wildman–Crippen MR) is 93.6 cm³/mol. The van der Waals surface area contributed by atoms with Crippen LogP contribution < -0.4 is 4.90 Å². The maximum atomic E-state index is 4.58. The molecular formula is C17H21N9. The normalized spacial score (nSPS) is 18.4. The van der Waals surface area contributed by atoms with Crippen molar-refractivity contribution in [3.05, 3.63) is 42.6 Å². The maximum Gasteiger partial charge on any atom is 0.155 e. The van der Waals surface area contributed by atoms with Gasteiger partial charge in [0, 0.05) is 31.2 Å². The van der Waals surface area contributed by atoms with Gasteiger partial charge < -0.3 is 9.47 Å². The van der Waals surface area contributed by atoms with Crippen LogP contribution in [-0.2, 0) is 6.54 Å². The average molecular weight is 351 g/mol. The fourth-order valence-electron chi connectivity index (χ4n) is 3.74. The van der Waals surface area contributed by atoms with Crippen LogP contribution in [0.1, 0.15) is 49.3 Å². The van der Waals surface area contributed by atoms with Crippen LogP contribution in [0.25, 0.3) is 0 Å². The Kier molecular flexibility index (Phi) is 3.84. The highest BCUT2D eigenvalue weighted by Crippen LogP contribution is 2.40. The molecule has 9 heteroatoms. The molecule has 1 saturated heterocycles. The van der Waals surface area contributed by atoms with Gasteiger partial charge in [-0.2, -0.15) is 10.2 Å². The van der Waals surface area contributed by atoms with Crippen molar-refractivity contribution >= 4 is 5.82 Å². The Balaban J connectivity index is 1.33. The van der Waals surface area contributed by atoms with Gasteiger partial charge in [0.1, 0.15) is 25.0 Å². The van der Waals surface area contributed by atoms with E-state index >= 15 is 0 Å². The molecule has 1 aliphatic heterocycles. The Hall–Kier alpha value is -2.84. The quantitative estimate of drug-likeness (QED) is 0.687. The molecule has 5 rings (SSSR count). The molecule has 0 amide bonds. The number of hydrogen-bond acceptors (Lipinski definition) is 7. The summed E-state index contributed by atoms with van der Waals surface area (Å²) in [4.78, 5) is 6.32. The van der Waals surface area contributed by atoms with Crippen molar-refractivity contribution in [2.24, 2.45) is 0 Å². The van der Waals surface area contributed by atoms with Crippen LogP contribution in [0, 0.1) is 0 Å². The third-order valence-electron chi connectivity index (χ3n) is 5.22. The van der Waals surface area contributed by atoms with Gasteiger partial charge in [0.15, 0.2) is 11.6 Å². The second kappa shape index (κ2) is 6.47. The second-order valence-electron chi connectivity index (χ2n) is 7.01. The summed E-state index contributed by atoms with van der Waals surface area (Å²) in [5.74, 6) is 3.53. The molecule has 134 valence electrons. The van der Waals surface area contributed by atoms with E-state index in [-0.39, 0.29) is 0 Å². The summed E-state index contributed by atoms with van der Waals surface area (Å²) in [7, 11) is 0. The fraction of sp³-hybridized carbons (Fsp3) is 0.529. The molecule has 0 radical (unpaired) electrons. The first kappa shape index (κ1) is 15.4. The van der Waals surface area contributed by atoms with Crippen molar-refractivity contribution in [2.75, 3.05) is 18.0 Å². The SMILES string of the molecule is c1cnnc(N2CCC(c3nnc(Cn4cncn4)n3C3CC3)CC2)c1. The van der Waals surface area contributed by atoms with Gasteiger partial charge in [-0.05, 0) is 37.8 Å². The minimum absolute atomic E-state index is 0.445. The zero-order valence-electron chi connectivity index (χ0n) is 14.5. The van der Waals surface area contributed by atoms with E-state index in [1.165, 1.54) is 12.8 Å². The molecule has 0 aromatic carbocycles. The molecule has 1 saturated carbocycles. The van der Waals surface area contributed by atoms with Crippen molar-refractivity contribution < 1.29 is 0 Å². The summed E-state index contributed by atoms with van der Waals surface area (Å²) in [5, 5.41) is 21.5. The summed E-state index contributed by atoms with van der Waals surface area (Å²) in [5.41, 5.74) is 0. The molecule has 0 atom stereocenters. The summed E-state index contributed by atoms with van der Waals surface area (Å²) >= 11 is 0. The average Bonchev–Trinajstić information content (AvgIpc) is 3.24. The lowest BCUT2D eigenvalue weighted by atomic mass is 9.96. The van der Waals surface area contributed by atoms with E-state index in [1.54, 1.807) is 18.9 Å². The molecule has 3 aromatic rings. The van der Waals surface area contributed by atoms with Gasteiger partial charge in [-0.3, -0.25) is 0 Å². The van der Waals surface area contributed by atoms with E-state index in [0.717, 1.165) is 43.4 Å². The fourth-order valence-corrected chi connectivity index (χ4v) is 3.74. The number of piperidine rings is 1. The lowest BCUT2D eigenvalue weighted by Gasteiger charge is -2.32. The topological polar surface area (TPSA) is 90.4 Å². The highest BCUT2D eigenvalue weighted by atomic mass is 15.4. The minimum Gasteiger partial charge on any atom is -0.355 e. The van der Waals surface area contributed by atoms with E-state index in [2.05, 4.69) is 39.9 Å². The Morgan fingerprint density at radius 2 is 1.92 bits per heavy atom. The molecular weight excluding hydrogens is 330 g/mol. The lowest BCUT2D eigenvalue weighted by Crippen LogP contribution is -2.34. The first-order chi connectivity index (χ1) is 12.9. The first-order valence-electron chi connectivity index (χ1n) is 9.17. The predicted octanol–water partition coefficient (Wildman–Crippen LogP) is 1.43. The van der Waals surface area contributed by atoms with Crippen LogP contribution in [0.5, 0.6) is 0 Å². The summed E-state index contributed by atoms with van der Waals surface area (Å²) in [6, 6.07) is 4.52. The van der Waals surface area contributed by atoms with Crippen molar-refractivity contribution in [1.82, 2.24) is 39.7 Å². The first-order valence-corrected chi connectivity index (χ1v) is 9.17. The summed E-state index contributed by atoms with van der Waals surface area (Å²) in [6.07, 6.45) is 9.55. The molecule has 2 fully saturated rings. The number of rotatable bonds is 5. The summed E-state index contributed by atoms with van der Waals surface area (Å²) in [6.45, 7) is 2.57. The minimum atomic E-state index is 0.445. The van der Waals surface area contributed by atoms with Crippen LogP contribution in [0.15, 0.2) is 31.0 Å². The van der Waals surface area contributed by atoms with Gasteiger partial charge >= 0.3 is 0 Å². The number of nitrogens with zero attached hydrogens (tertiary/aromatic N) is 9. The largest absolute Gasteiger partial charge is 0.355 e. The van der Waals surface area contributed by atoms with Crippen LogP contribution in [0.3, 0.4) is 0 Å². The smallest absolute Gasteiger partial charge is 0.155 e. The molecule has 26 heavy (non-hydrogen) atoms. The third-order valence-corrected chi connectivity index (χ3v) is 5.22. The highest BCUT2D eigenvalue weighted by Gasteiger charge is 2.33. The van der Waals surface area contributed by atoms with E-state index in [9.17, 15) is 0 Å². The highest BCUT2D eigenvalue weighted by molar-refractivity contribution is 5.37. The Bertz CT molecular complexity index is 846. The van der Waals surface area contributed by atoms with E-state index in [1.807, 2.05) is 16.8 Å². The van der Waals surface area contributed by atoms with Gasteiger partial charge in [0.2, 0.25) is 0 Å². The number of aromatic nitrogens is 8. The van der Waals surface area contributed by atoms with Gasteiger partial charge in [-0.15, -0.1) is 15.3 Å². The molecule has 0 bridgehead atoms. The van der Waals surface area contributed by atoms with E-state index in [0.29, 0.717) is 18.5 Å². The van der Waals surface area contributed by atoms with Crippen LogP contribution in [0.2, 0.25) is 0 Å². The molecule has 9 nitrogen and oxygen atoms in total. The zero-order valence-corrected chi connectivity index (χ0v) is 14.5. The zero-order chi connectivity index (χ0) is 17.3. The van der Waals surface area contributed by atoms with Crippen LogP contribution in [-0.4, -0.2) is 52.8 Å². The van der Waals surface area contributed by atoms with Gasteiger partial charge in [-0.1, -0.05) is 0 Å². The monoisotopic (exact) mass is 351 g/mol. The Labute approximate surface area is 151 Å². The van der Waals surface area contributed by atoms with Crippen LogP contribution >= 0.6 is 0 Å². The van der Waals surface area contributed by atoms with Crippen LogP contribution in [0.4, 0.5) is 5.82 Å². The molecule has 3 aromatic heterocycles. The van der Waals surface area contributed by atoms with Crippen molar-refractivity contribution in [1.29, 1.82) is 0 Å². The molecule has 2 aliphatic rings. The van der Waals surface area contributed by atoms with E-state index in [4.69, 9.17) is 0 Å². The van der Waals surface area contributed by atoms with Crippen molar-refractivity contribution in [3.8, 4) is 0 Å². The third kappa shape index (κ3) is 2.93. The summed E-state index contributed by atoms with van der Waals surface area (Å²) < 4.78 is 4.17. The Morgan fingerprint density at radius 3 is 2.62 bits per heavy atom. The molecule has 1 aliphatic carbocycles. The van der Waals surface area contributed by atoms with Crippen molar-refractivity contribution in [3.63, 3.8) is 0 Å². The van der Waals surface area contributed by atoms with Gasteiger partial charge in [0.05, 0.1) is 0 Å². The maximum absolute atomic E-state index is 4.58. The standard InChI is InChI=1S/C17H21N9/c1-2-15(21-19-7-1)24-8-5-13(6-9-24)17-23-22-16(26(17)14-3-4-14)10-25-12-18-11-20-25/h1-2,7,11-14H,3-6,8-10H2. The molecule has 4 heterocycles. The number of hydrogen-bond donors (Lipinski definition) is 0. The number of anilines is 1. The molecule has 0 N–H and O–H groups in total. The Morgan fingerprint density at radius 1 is 1.04 bits per heavy atom. The lowest BCUT2D eigenvalue weighted by molar-refractivity contribution is 0.458.